The van der Waals surface area contributed by atoms with E-state index >= 15 is 0 Å². The van der Waals surface area contributed by atoms with Crippen molar-refractivity contribution in [1.29, 1.82) is 0 Å². The quantitative estimate of drug-likeness (QED) is 0.643. The van der Waals surface area contributed by atoms with Crippen LogP contribution in [-0.4, -0.2) is 61.9 Å². The molecule has 0 spiro atoms. The molecule has 1 amide bonds. The van der Waals surface area contributed by atoms with E-state index in [2.05, 4.69) is 10.1 Å². The number of benzene rings is 1. The van der Waals surface area contributed by atoms with Gasteiger partial charge in [0.2, 0.25) is 11.8 Å². The third kappa shape index (κ3) is 5.02. The van der Waals surface area contributed by atoms with Crippen LogP contribution in [-0.2, 0) is 24.8 Å². The van der Waals surface area contributed by atoms with Crippen LogP contribution in [0.4, 0.5) is 0 Å². The molecule has 2 aromatic rings. The molecule has 0 unspecified atom stereocenters. The maximum Gasteiger partial charge on any atom is 0.223 e. The van der Waals surface area contributed by atoms with Crippen LogP contribution in [0.25, 0.3) is 0 Å². The molecule has 0 aliphatic carbocycles. The molecule has 1 aromatic heterocycles. The van der Waals surface area contributed by atoms with Gasteiger partial charge in [-0.1, -0.05) is 23.4 Å². The summed E-state index contributed by atoms with van der Waals surface area (Å²) in [4.78, 5) is 19.0. The second-order valence-electron chi connectivity index (χ2n) is 7.42. The van der Waals surface area contributed by atoms with Gasteiger partial charge in [-0.05, 0) is 31.4 Å². The predicted molar refractivity (Wildman–Crippen MR) is 106 cm³/mol. The minimum Gasteiger partial charge on any atom is -0.385 e. The van der Waals surface area contributed by atoms with Crippen molar-refractivity contribution in [3.63, 3.8) is 0 Å². The molecule has 0 N–H and O–H groups in total. The highest BCUT2D eigenvalue weighted by molar-refractivity contribution is 7.91. The highest BCUT2D eigenvalue weighted by atomic mass is 32.2. The molecule has 1 aliphatic heterocycles. The van der Waals surface area contributed by atoms with Crippen molar-refractivity contribution in [2.75, 3.05) is 32.6 Å². The minimum atomic E-state index is -3.47. The van der Waals surface area contributed by atoms with Gasteiger partial charge in [0.15, 0.2) is 15.7 Å². The molecule has 29 heavy (non-hydrogen) atoms. The van der Waals surface area contributed by atoms with Crippen LogP contribution in [0.3, 0.4) is 0 Å². The van der Waals surface area contributed by atoms with Crippen LogP contribution in [0.15, 0.2) is 39.8 Å². The summed E-state index contributed by atoms with van der Waals surface area (Å²) in [6.45, 7) is 3.38. The standard InChI is InChI=1S/C20H27N3O5S/c1-16-21-19(22-28-16)20(11-14-27-2)9-12-23(13-10-20)18(24)8-15-29(25,26)17-6-4-3-5-7-17/h3-7H,8-15H2,1-2H3. The van der Waals surface area contributed by atoms with Crippen LogP contribution >= 0.6 is 0 Å². The average molecular weight is 422 g/mol. The van der Waals surface area contributed by atoms with Gasteiger partial charge in [0.1, 0.15) is 0 Å². The Labute approximate surface area is 171 Å². The second kappa shape index (κ2) is 9.04. The van der Waals surface area contributed by atoms with Crippen molar-refractivity contribution < 1.29 is 22.5 Å². The lowest BCUT2D eigenvalue weighted by Gasteiger charge is -2.39. The van der Waals surface area contributed by atoms with Gasteiger partial charge in [-0.15, -0.1) is 0 Å². The molecule has 1 saturated heterocycles. The largest absolute Gasteiger partial charge is 0.385 e. The summed E-state index contributed by atoms with van der Waals surface area (Å²) in [6.07, 6.45) is 2.09. The molecule has 9 heteroatoms. The third-order valence-corrected chi connectivity index (χ3v) is 7.28. The lowest BCUT2D eigenvalue weighted by Crippen LogP contribution is -2.46. The van der Waals surface area contributed by atoms with Crippen molar-refractivity contribution in [2.24, 2.45) is 0 Å². The first-order valence-electron chi connectivity index (χ1n) is 9.72. The first-order chi connectivity index (χ1) is 13.9. The first-order valence-corrected chi connectivity index (χ1v) is 11.4. The van der Waals surface area contributed by atoms with E-state index in [0.29, 0.717) is 44.3 Å². The Morgan fingerprint density at radius 3 is 2.52 bits per heavy atom. The highest BCUT2D eigenvalue weighted by Gasteiger charge is 2.40. The molecular weight excluding hydrogens is 394 g/mol. The summed E-state index contributed by atoms with van der Waals surface area (Å²) in [6, 6.07) is 8.23. The molecule has 0 atom stereocenters. The van der Waals surface area contributed by atoms with E-state index < -0.39 is 9.84 Å². The number of rotatable bonds is 8. The summed E-state index contributed by atoms with van der Waals surface area (Å²) < 4.78 is 35.3. The summed E-state index contributed by atoms with van der Waals surface area (Å²) in [7, 11) is -1.81. The molecule has 158 valence electrons. The molecule has 1 aromatic carbocycles. The molecule has 0 bridgehead atoms. The number of methoxy groups -OCH3 is 1. The van der Waals surface area contributed by atoms with Gasteiger partial charge >= 0.3 is 0 Å². The van der Waals surface area contributed by atoms with Crippen LogP contribution in [0.1, 0.15) is 37.4 Å². The number of nitrogens with zero attached hydrogens (tertiary/aromatic N) is 3. The SMILES string of the molecule is COCCC1(c2noc(C)n2)CCN(C(=O)CCS(=O)(=O)c2ccccc2)CC1. The van der Waals surface area contributed by atoms with E-state index in [4.69, 9.17) is 9.26 Å². The number of piperidine rings is 1. The minimum absolute atomic E-state index is 0.0242. The zero-order valence-corrected chi connectivity index (χ0v) is 17.7. The van der Waals surface area contributed by atoms with E-state index in [1.807, 2.05) is 0 Å². The number of ether oxygens (including phenoxy) is 1. The normalized spacial score (nSPS) is 16.7. The topological polar surface area (TPSA) is 103 Å². The lowest BCUT2D eigenvalue weighted by atomic mass is 9.75. The van der Waals surface area contributed by atoms with Gasteiger partial charge in [-0.3, -0.25) is 4.79 Å². The number of aromatic nitrogens is 2. The molecule has 2 heterocycles. The van der Waals surface area contributed by atoms with Gasteiger partial charge in [0.05, 0.1) is 10.6 Å². The van der Waals surface area contributed by atoms with E-state index in [-0.39, 0.29) is 28.4 Å². The zero-order valence-electron chi connectivity index (χ0n) is 16.8. The summed E-state index contributed by atoms with van der Waals surface area (Å²) >= 11 is 0. The van der Waals surface area contributed by atoms with Crippen LogP contribution in [0.5, 0.6) is 0 Å². The molecule has 0 radical (unpaired) electrons. The number of likely N-dealkylation sites (tertiary alicyclic amines) is 1. The first kappa shape index (κ1) is 21.4. The van der Waals surface area contributed by atoms with Crippen LogP contribution in [0, 0.1) is 6.92 Å². The number of carbonyl (C=O) groups excluding carboxylic acids is 1. The average Bonchev–Trinajstić information content (AvgIpc) is 3.18. The van der Waals surface area contributed by atoms with Crippen molar-refractivity contribution in [1.82, 2.24) is 15.0 Å². The summed E-state index contributed by atoms with van der Waals surface area (Å²) in [5.41, 5.74) is -0.291. The predicted octanol–water partition coefficient (Wildman–Crippen LogP) is 2.14. The molecular formula is C20H27N3O5S. The van der Waals surface area contributed by atoms with Crippen molar-refractivity contribution >= 4 is 15.7 Å². The number of carbonyl (C=O) groups is 1. The van der Waals surface area contributed by atoms with E-state index in [0.717, 1.165) is 6.42 Å². The fourth-order valence-corrected chi connectivity index (χ4v) is 4.96. The third-order valence-electron chi connectivity index (χ3n) is 5.55. The van der Waals surface area contributed by atoms with Gasteiger partial charge in [-0.25, -0.2) is 8.42 Å². The maximum atomic E-state index is 12.6. The number of hydrogen-bond donors (Lipinski definition) is 0. The Balaban J connectivity index is 1.60. The van der Waals surface area contributed by atoms with E-state index in [1.165, 1.54) is 0 Å². The smallest absolute Gasteiger partial charge is 0.223 e. The van der Waals surface area contributed by atoms with Gasteiger partial charge in [-0.2, -0.15) is 4.98 Å². The van der Waals surface area contributed by atoms with Crippen LogP contribution < -0.4 is 0 Å². The lowest BCUT2D eigenvalue weighted by molar-refractivity contribution is -0.132. The second-order valence-corrected chi connectivity index (χ2v) is 9.53. The van der Waals surface area contributed by atoms with Gasteiger partial charge in [0.25, 0.3) is 0 Å². The summed E-state index contributed by atoms with van der Waals surface area (Å²) in [5.74, 6) is 0.840. The fraction of sp³-hybridized carbons (Fsp3) is 0.550. The Kier molecular flexibility index (Phi) is 6.69. The van der Waals surface area contributed by atoms with Gasteiger partial charge in [0, 0.05) is 45.6 Å². The number of amides is 1. The van der Waals surface area contributed by atoms with E-state index in [9.17, 15) is 13.2 Å². The number of hydrogen-bond acceptors (Lipinski definition) is 7. The Morgan fingerprint density at radius 2 is 1.93 bits per heavy atom. The number of aryl methyl sites for hydroxylation is 1. The maximum absolute atomic E-state index is 12.6. The van der Waals surface area contributed by atoms with Gasteiger partial charge < -0.3 is 14.2 Å². The summed E-state index contributed by atoms with van der Waals surface area (Å²) in [5, 5.41) is 4.11. The van der Waals surface area contributed by atoms with Crippen molar-refractivity contribution in [3.05, 3.63) is 42.0 Å². The molecule has 1 aliphatic rings. The van der Waals surface area contributed by atoms with E-state index in [1.54, 1.807) is 49.3 Å². The fourth-order valence-electron chi connectivity index (χ4n) is 3.71. The highest BCUT2D eigenvalue weighted by Crippen LogP contribution is 2.37. The monoisotopic (exact) mass is 421 g/mol. The molecule has 8 nitrogen and oxygen atoms in total. The van der Waals surface area contributed by atoms with Crippen LogP contribution in [0.2, 0.25) is 0 Å². The molecule has 0 saturated carbocycles. The molecule has 3 rings (SSSR count). The van der Waals surface area contributed by atoms with Crippen molar-refractivity contribution in [2.45, 2.75) is 42.9 Å². The Hall–Kier alpha value is -2.26. The Bertz CT molecular complexity index is 919. The Morgan fingerprint density at radius 1 is 1.24 bits per heavy atom. The number of sulfone groups is 1. The van der Waals surface area contributed by atoms with Crippen molar-refractivity contribution in [3.8, 4) is 0 Å². The molecule has 1 fully saturated rings. The zero-order chi connectivity index (χ0) is 20.9.